The molecule has 0 radical (unpaired) electrons. The van der Waals surface area contributed by atoms with Gasteiger partial charge in [-0.2, -0.15) is 0 Å². The van der Waals surface area contributed by atoms with E-state index in [0.717, 1.165) is 17.6 Å². The molecule has 44 heavy (non-hydrogen) atoms. The first-order valence-corrected chi connectivity index (χ1v) is 15.2. The summed E-state index contributed by atoms with van der Waals surface area (Å²) >= 11 is 0. The number of amides is 4. The van der Waals surface area contributed by atoms with Crippen LogP contribution in [0.3, 0.4) is 0 Å². The van der Waals surface area contributed by atoms with E-state index in [4.69, 9.17) is 4.74 Å². The first-order valence-electron chi connectivity index (χ1n) is 15.2. The number of nitrogens with zero attached hydrogens (tertiary/aromatic N) is 2. The third-order valence-corrected chi connectivity index (χ3v) is 10.4. The van der Waals surface area contributed by atoms with Gasteiger partial charge in [-0.05, 0) is 79.6 Å². The Kier molecular flexibility index (Phi) is 6.50. The number of anilines is 2. The van der Waals surface area contributed by atoms with Gasteiger partial charge in [0.15, 0.2) is 11.5 Å². The monoisotopic (exact) mass is 590 g/mol. The number of hydrogen-bond donors (Lipinski definition) is 1. The highest BCUT2D eigenvalue weighted by molar-refractivity contribution is 6.25. The SMILES string of the molecule is CCc1ccc(N2C(=O)[C@H]3[C@H](CC=C4[C@H]3C[C@H]3C(=O)N(c5ccccc5)C(=O)[C@@]3(C)[C@H]4c3ccc(O)c(OC)c3)C2=O)cc1. The number of aryl methyl sites for hydroxylation is 1. The summed E-state index contributed by atoms with van der Waals surface area (Å²) in [7, 11) is 1.46. The maximum absolute atomic E-state index is 14.5. The fourth-order valence-corrected chi connectivity index (χ4v) is 8.23. The third-order valence-electron chi connectivity index (χ3n) is 10.4. The van der Waals surface area contributed by atoms with Crippen molar-refractivity contribution in [2.24, 2.45) is 29.1 Å². The van der Waals surface area contributed by atoms with E-state index in [1.807, 2.05) is 50.3 Å². The minimum atomic E-state index is -1.16. The largest absolute Gasteiger partial charge is 0.504 e. The van der Waals surface area contributed by atoms with E-state index in [1.54, 1.807) is 36.4 Å². The Bertz CT molecular complexity index is 1730. The lowest BCUT2D eigenvalue weighted by Crippen LogP contribution is -2.48. The number of phenolic OH excluding ortho intramolecular Hbond substituents is 1. The predicted octanol–water partition coefficient (Wildman–Crippen LogP) is 5.40. The number of benzene rings is 3. The summed E-state index contributed by atoms with van der Waals surface area (Å²) in [6.07, 6.45) is 3.51. The molecule has 1 N–H and O–H groups in total. The van der Waals surface area contributed by atoms with Gasteiger partial charge in [-0.3, -0.25) is 24.1 Å². The Labute approximate surface area is 255 Å². The van der Waals surface area contributed by atoms with E-state index in [2.05, 4.69) is 0 Å². The molecule has 1 saturated carbocycles. The maximum atomic E-state index is 14.5. The van der Waals surface area contributed by atoms with E-state index in [9.17, 15) is 24.3 Å². The molecule has 3 aromatic rings. The van der Waals surface area contributed by atoms with Crippen LogP contribution in [0.25, 0.3) is 0 Å². The molecule has 7 rings (SSSR count). The standard InChI is InChI=1S/C36H34N2O6/c1-4-20-10-13-23(14-11-20)37-32(40)25-16-15-24-26(30(25)34(37)42)19-27-33(41)38(22-8-6-5-7-9-22)35(43)36(27,2)31(24)21-12-17-28(39)29(18-21)44-3/h5-15,17-18,25-27,30-31,39H,4,16,19H2,1-3H3/t25-,26+,27-,30-,31-,36+/m0/s1. The van der Waals surface area contributed by atoms with E-state index >= 15 is 0 Å². The summed E-state index contributed by atoms with van der Waals surface area (Å²) in [5.74, 6) is -3.78. The number of imide groups is 2. The Hall–Kier alpha value is -4.72. The van der Waals surface area contributed by atoms with Crippen molar-refractivity contribution >= 4 is 35.0 Å². The van der Waals surface area contributed by atoms with Gasteiger partial charge >= 0.3 is 0 Å². The zero-order valence-electron chi connectivity index (χ0n) is 24.9. The summed E-state index contributed by atoms with van der Waals surface area (Å²) in [6.45, 7) is 3.89. The fraction of sp³-hybridized carbons (Fsp3) is 0.333. The van der Waals surface area contributed by atoms with Gasteiger partial charge in [0.25, 0.3) is 0 Å². The van der Waals surface area contributed by atoms with Crippen molar-refractivity contribution in [3.63, 3.8) is 0 Å². The number of allylic oxidation sites excluding steroid dienone is 2. The molecule has 3 aromatic carbocycles. The highest BCUT2D eigenvalue weighted by Gasteiger charge is 2.67. The van der Waals surface area contributed by atoms with Gasteiger partial charge in [0, 0.05) is 5.92 Å². The van der Waals surface area contributed by atoms with Gasteiger partial charge < -0.3 is 9.84 Å². The molecular formula is C36H34N2O6. The normalized spacial score (nSPS) is 29.3. The van der Waals surface area contributed by atoms with Crippen molar-refractivity contribution in [1.82, 2.24) is 0 Å². The number of ether oxygens (including phenoxy) is 1. The molecule has 2 heterocycles. The number of para-hydroxylation sites is 1. The second-order valence-electron chi connectivity index (χ2n) is 12.5. The lowest BCUT2D eigenvalue weighted by atomic mass is 9.51. The number of methoxy groups -OCH3 is 1. The van der Waals surface area contributed by atoms with Crippen LogP contribution in [0.1, 0.15) is 43.7 Å². The lowest BCUT2D eigenvalue weighted by molar-refractivity contribution is -0.131. The fourth-order valence-electron chi connectivity index (χ4n) is 8.23. The summed E-state index contributed by atoms with van der Waals surface area (Å²) in [5.41, 5.74) is 2.60. The molecule has 8 nitrogen and oxygen atoms in total. The second-order valence-corrected chi connectivity index (χ2v) is 12.5. The number of fused-ring (bicyclic) bond motifs is 4. The van der Waals surface area contributed by atoms with E-state index in [1.165, 1.54) is 23.0 Å². The summed E-state index contributed by atoms with van der Waals surface area (Å²) in [5, 5.41) is 10.4. The van der Waals surface area contributed by atoms with Crippen LogP contribution in [0.15, 0.2) is 84.4 Å². The Morgan fingerprint density at radius 2 is 1.57 bits per heavy atom. The second kappa shape index (κ2) is 10.2. The van der Waals surface area contributed by atoms with Crippen LogP contribution < -0.4 is 14.5 Å². The molecule has 0 unspecified atom stereocenters. The van der Waals surface area contributed by atoms with Crippen LogP contribution in [0.2, 0.25) is 0 Å². The topological polar surface area (TPSA) is 104 Å². The molecule has 6 atom stereocenters. The van der Waals surface area contributed by atoms with Crippen molar-refractivity contribution < 1.29 is 29.0 Å². The Morgan fingerprint density at radius 3 is 2.25 bits per heavy atom. The van der Waals surface area contributed by atoms with E-state index in [-0.39, 0.29) is 41.5 Å². The van der Waals surface area contributed by atoms with Gasteiger partial charge in [0.2, 0.25) is 23.6 Å². The minimum Gasteiger partial charge on any atom is -0.504 e. The van der Waals surface area contributed by atoms with Crippen LogP contribution in [-0.4, -0.2) is 35.8 Å². The smallest absolute Gasteiger partial charge is 0.241 e. The number of aromatic hydroxyl groups is 1. The van der Waals surface area contributed by atoms with Gasteiger partial charge in [-0.25, -0.2) is 4.90 Å². The van der Waals surface area contributed by atoms with Crippen molar-refractivity contribution in [3.8, 4) is 11.5 Å². The molecule has 0 bridgehead atoms. The van der Waals surface area contributed by atoms with E-state index in [0.29, 0.717) is 23.4 Å². The third kappa shape index (κ3) is 3.82. The minimum absolute atomic E-state index is 0.0379. The summed E-state index contributed by atoms with van der Waals surface area (Å²) < 4.78 is 5.44. The zero-order valence-corrected chi connectivity index (χ0v) is 24.9. The highest BCUT2D eigenvalue weighted by Crippen LogP contribution is 2.64. The number of hydrogen-bond acceptors (Lipinski definition) is 6. The van der Waals surface area contributed by atoms with Gasteiger partial charge in [0.1, 0.15) is 0 Å². The van der Waals surface area contributed by atoms with Crippen LogP contribution in [0.5, 0.6) is 11.5 Å². The molecule has 2 saturated heterocycles. The van der Waals surface area contributed by atoms with Crippen molar-refractivity contribution in [1.29, 1.82) is 0 Å². The molecule has 0 spiro atoms. The first kappa shape index (κ1) is 28.1. The number of phenols is 1. The molecule has 4 aliphatic rings. The average molecular weight is 591 g/mol. The van der Waals surface area contributed by atoms with Crippen LogP contribution >= 0.6 is 0 Å². The quantitative estimate of drug-likeness (QED) is 0.315. The van der Waals surface area contributed by atoms with E-state index < -0.39 is 35.0 Å². The molecule has 4 amide bonds. The molecule has 8 heteroatoms. The number of carbonyl (C=O) groups is 4. The van der Waals surface area contributed by atoms with Gasteiger partial charge in [0.05, 0.1) is 41.7 Å². The van der Waals surface area contributed by atoms with Crippen molar-refractivity contribution in [2.45, 2.75) is 39.0 Å². The molecule has 2 aliphatic heterocycles. The van der Waals surface area contributed by atoms with Crippen LogP contribution in [0.4, 0.5) is 11.4 Å². The predicted molar refractivity (Wildman–Crippen MR) is 164 cm³/mol. The molecule has 2 aliphatic carbocycles. The average Bonchev–Trinajstić information content (AvgIpc) is 3.41. The first-order chi connectivity index (χ1) is 21.2. The molecule has 3 fully saturated rings. The highest BCUT2D eigenvalue weighted by atomic mass is 16.5. The van der Waals surface area contributed by atoms with Crippen molar-refractivity contribution in [3.05, 3.63) is 95.6 Å². The summed E-state index contributed by atoms with van der Waals surface area (Å²) in [6, 6.07) is 21.4. The zero-order chi connectivity index (χ0) is 30.9. The lowest BCUT2D eigenvalue weighted by Gasteiger charge is -2.49. The summed E-state index contributed by atoms with van der Waals surface area (Å²) in [4.78, 5) is 59.3. The molecular weight excluding hydrogens is 556 g/mol. The Morgan fingerprint density at radius 1 is 0.864 bits per heavy atom. The number of rotatable bonds is 5. The maximum Gasteiger partial charge on any atom is 0.241 e. The number of carbonyl (C=O) groups excluding carboxylic acids is 4. The van der Waals surface area contributed by atoms with Crippen molar-refractivity contribution in [2.75, 3.05) is 16.9 Å². The van der Waals surface area contributed by atoms with Crippen LogP contribution in [-0.2, 0) is 25.6 Å². The molecule has 224 valence electrons. The Balaban J connectivity index is 1.36. The van der Waals surface area contributed by atoms with Gasteiger partial charge in [-0.15, -0.1) is 0 Å². The van der Waals surface area contributed by atoms with Gasteiger partial charge in [-0.1, -0.05) is 55.0 Å². The van der Waals surface area contributed by atoms with Crippen LogP contribution in [0, 0.1) is 29.1 Å². The molecule has 0 aromatic heterocycles.